The van der Waals surface area contributed by atoms with E-state index in [1.807, 2.05) is 29.5 Å². The Kier molecular flexibility index (Phi) is 5.87. The number of hydrogen-bond acceptors (Lipinski definition) is 9. The molecule has 170 valence electrons. The van der Waals surface area contributed by atoms with E-state index in [0.29, 0.717) is 11.1 Å². The van der Waals surface area contributed by atoms with Gasteiger partial charge in [0, 0.05) is 28.9 Å². The lowest BCUT2D eigenvalue weighted by atomic mass is 9.97. The number of aromatic nitrogens is 4. The molecule has 2 aliphatic rings. The van der Waals surface area contributed by atoms with Gasteiger partial charge in [-0.15, -0.1) is 21.5 Å². The maximum absolute atomic E-state index is 6.07. The van der Waals surface area contributed by atoms with Gasteiger partial charge < -0.3 is 9.15 Å². The third-order valence-corrected chi connectivity index (χ3v) is 8.28. The summed E-state index contributed by atoms with van der Waals surface area (Å²) in [6.07, 6.45) is 4.70. The Bertz CT molecular complexity index is 1300. The molecule has 4 heterocycles. The topological polar surface area (TPSA) is 77.2 Å². The Labute approximate surface area is 200 Å². The molecule has 1 aliphatic heterocycles. The van der Waals surface area contributed by atoms with Crippen LogP contribution in [0.1, 0.15) is 34.7 Å². The molecule has 0 unspecified atom stereocenters. The lowest BCUT2D eigenvalue weighted by Crippen LogP contribution is -2.36. The molecule has 33 heavy (non-hydrogen) atoms. The van der Waals surface area contributed by atoms with Gasteiger partial charge in [0.15, 0.2) is 0 Å². The van der Waals surface area contributed by atoms with Crippen LogP contribution in [0.5, 0.6) is 0 Å². The first-order valence-electron chi connectivity index (χ1n) is 11.4. The second kappa shape index (κ2) is 9.13. The summed E-state index contributed by atoms with van der Waals surface area (Å²) in [5.74, 6) is 1.39. The fourth-order valence-electron chi connectivity index (χ4n) is 4.53. The average molecular weight is 480 g/mol. The summed E-state index contributed by atoms with van der Waals surface area (Å²) in [5.41, 5.74) is 3.49. The van der Waals surface area contributed by atoms with Crippen molar-refractivity contribution in [2.75, 3.05) is 26.3 Å². The summed E-state index contributed by atoms with van der Waals surface area (Å²) in [6, 6.07) is 8.06. The van der Waals surface area contributed by atoms with Gasteiger partial charge in [0.2, 0.25) is 5.89 Å². The summed E-state index contributed by atoms with van der Waals surface area (Å²) in [4.78, 5) is 14.9. The van der Waals surface area contributed by atoms with Crippen LogP contribution in [0.2, 0.25) is 0 Å². The zero-order valence-electron chi connectivity index (χ0n) is 18.5. The predicted molar refractivity (Wildman–Crippen MR) is 129 cm³/mol. The number of benzene rings is 1. The molecule has 0 bridgehead atoms. The van der Waals surface area contributed by atoms with Crippen molar-refractivity contribution in [2.24, 2.45) is 0 Å². The van der Waals surface area contributed by atoms with Crippen LogP contribution in [0.3, 0.4) is 0 Å². The summed E-state index contributed by atoms with van der Waals surface area (Å²) in [5, 5.41) is 11.3. The molecular weight excluding hydrogens is 454 g/mol. The van der Waals surface area contributed by atoms with Gasteiger partial charge in [-0.05, 0) is 61.6 Å². The summed E-state index contributed by atoms with van der Waals surface area (Å²) in [7, 11) is 0. The van der Waals surface area contributed by atoms with E-state index < -0.39 is 0 Å². The molecule has 1 saturated heterocycles. The molecule has 0 saturated carbocycles. The van der Waals surface area contributed by atoms with Crippen molar-refractivity contribution >= 4 is 33.3 Å². The van der Waals surface area contributed by atoms with E-state index in [1.54, 1.807) is 0 Å². The number of thiophene rings is 1. The third kappa shape index (κ3) is 4.30. The summed E-state index contributed by atoms with van der Waals surface area (Å²) >= 11 is 3.29. The molecule has 1 aromatic carbocycles. The molecule has 4 aromatic rings. The SMILES string of the molecule is Cc1ccccc1-c1nnc(Sc2nc(CN3CCOCC3)nc3sc4c(c23)CCCC4)o1. The second-order valence-electron chi connectivity index (χ2n) is 8.51. The Morgan fingerprint density at radius 1 is 1.06 bits per heavy atom. The first-order chi connectivity index (χ1) is 16.2. The normalized spacial score (nSPS) is 16.9. The van der Waals surface area contributed by atoms with E-state index in [9.17, 15) is 0 Å². The third-order valence-electron chi connectivity index (χ3n) is 6.26. The van der Waals surface area contributed by atoms with Crippen molar-refractivity contribution in [2.45, 2.75) is 49.4 Å². The van der Waals surface area contributed by atoms with Crippen molar-refractivity contribution in [3.8, 4) is 11.5 Å². The lowest BCUT2D eigenvalue weighted by molar-refractivity contribution is 0.0330. The van der Waals surface area contributed by atoms with Gasteiger partial charge in [-0.25, -0.2) is 9.97 Å². The maximum atomic E-state index is 6.07. The van der Waals surface area contributed by atoms with Gasteiger partial charge in [0.05, 0.1) is 19.8 Å². The molecule has 0 atom stereocenters. The molecular formula is C24H25N5O2S2. The quantitative estimate of drug-likeness (QED) is 0.374. The van der Waals surface area contributed by atoms with Crippen molar-refractivity contribution in [1.82, 2.24) is 25.1 Å². The fraction of sp³-hybridized carbons (Fsp3) is 0.417. The minimum Gasteiger partial charge on any atom is -0.411 e. The number of hydrogen-bond donors (Lipinski definition) is 0. The molecule has 6 rings (SSSR count). The van der Waals surface area contributed by atoms with Crippen molar-refractivity contribution in [3.63, 3.8) is 0 Å². The van der Waals surface area contributed by atoms with Gasteiger partial charge in [-0.3, -0.25) is 4.90 Å². The standard InChI is InChI=1S/C24H25N5O2S2/c1-15-6-2-3-7-16(15)21-27-28-24(31-21)33-23-20-17-8-4-5-9-18(17)32-22(20)25-19(26-23)14-29-10-12-30-13-11-29/h2-3,6-7H,4-5,8-14H2,1H3. The van der Waals surface area contributed by atoms with Gasteiger partial charge >= 0.3 is 0 Å². The molecule has 0 radical (unpaired) electrons. The highest BCUT2D eigenvalue weighted by Gasteiger charge is 2.24. The Morgan fingerprint density at radius 2 is 1.91 bits per heavy atom. The van der Waals surface area contributed by atoms with Crippen LogP contribution in [0, 0.1) is 6.92 Å². The first-order valence-corrected chi connectivity index (χ1v) is 13.1. The highest BCUT2D eigenvalue weighted by molar-refractivity contribution is 7.99. The summed E-state index contributed by atoms with van der Waals surface area (Å²) < 4.78 is 11.6. The highest BCUT2D eigenvalue weighted by atomic mass is 32.2. The van der Waals surface area contributed by atoms with Crippen LogP contribution in [0.4, 0.5) is 0 Å². The van der Waals surface area contributed by atoms with Gasteiger partial charge in [-0.1, -0.05) is 18.2 Å². The van der Waals surface area contributed by atoms with Gasteiger partial charge in [-0.2, -0.15) is 0 Å². The second-order valence-corrected chi connectivity index (χ2v) is 10.5. The molecule has 0 spiro atoms. The zero-order valence-corrected chi connectivity index (χ0v) is 20.2. The number of aryl methyl sites for hydroxylation is 3. The van der Waals surface area contributed by atoms with Crippen LogP contribution in [0.25, 0.3) is 21.7 Å². The molecule has 7 nitrogen and oxygen atoms in total. The van der Waals surface area contributed by atoms with Crippen LogP contribution in [-0.4, -0.2) is 51.4 Å². The number of morpholine rings is 1. The van der Waals surface area contributed by atoms with Crippen molar-refractivity contribution in [1.29, 1.82) is 0 Å². The molecule has 9 heteroatoms. The number of rotatable bonds is 5. The minimum atomic E-state index is 0.515. The highest BCUT2D eigenvalue weighted by Crippen LogP contribution is 2.41. The predicted octanol–water partition coefficient (Wildman–Crippen LogP) is 4.91. The van der Waals surface area contributed by atoms with Gasteiger partial charge in [0.25, 0.3) is 5.22 Å². The lowest BCUT2D eigenvalue weighted by Gasteiger charge is -2.25. The van der Waals surface area contributed by atoms with Crippen molar-refractivity contribution < 1.29 is 9.15 Å². The largest absolute Gasteiger partial charge is 0.411 e. The monoisotopic (exact) mass is 479 g/mol. The Balaban J connectivity index is 1.37. The number of ether oxygens (including phenoxy) is 1. The molecule has 0 amide bonds. The van der Waals surface area contributed by atoms with Crippen LogP contribution in [0.15, 0.2) is 38.9 Å². The Morgan fingerprint density at radius 3 is 2.79 bits per heavy atom. The van der Waals surface area contributed by atoms with E-state index in [2.05, 4.69) is 28.1 Å². The van der Waals surface area contributed by atoms with E-state index in [0.717, 1.165) is 72.5 Å². The minimum absolute atomic E-state index is 0.515. The maximum Gasteiger partial charge on any atom is 0.283 e. The van der Waals surface area contributed by atoms with Crippen molar-refractivity contribution in [3.05, 3.63) is 46.1 Å². The van der Waals surface area contributed by atoms with E-state index >= 15 is 0 Å². The Hall–Kier alpha value is -2.33. The first kappa shape index (κ1) is 21.2. The average Bonchev–Trinajstić information content (AvgIpc) is 3.44. The van der Waals surface area contributed by atoms with E-state index in [-0.39, 0.29) is 0 Å². The molecule has 0 N–H and O–H groups in total. The number of nitrogens with zero attached hydrogens (tertiary/aromatic N) is 5. The fourth-order valence-corrected chi connectivity index (χ4v) is 6.71. The molecule has 3 aromatic heterocycles. The van der Waals surface area contributed by atoms with E-state index in [4.69, 9.17) is 19.1 Å². The van der Waals surface area contributed by atoms with Crippen LogP contribution >= 0.6 is 23.1 Å². The molecule has 1 fully saturated rings. The van der Waals surface area contributed by atoms with Gasteiger partial charge in [0.1, 0.15) is 15.7 Å². The number of fused-ring (bicyclic) bond motifs is 3. The van der Waals surface area contributed by atoms with E-state index in [1.165, 1.54) is 40.4 Å². The summed E-state index contributed by atoms with van der Waals surface area (Å²) in [6.45, 7) is 6.13. The van der Waals surface area contributed by atoms with Crippen LogP contribution in [-0.2, 0) is 24.1 Å². The van der Waals surface area contributed by atoms with Crippen LogP contribution < -0.4 is 0 Å². The zero-order chi connectivity index (χ0) is 22.2. The molecule has 1 aliphatic carbocycles. The smallest absolute Gasteiger partial charge is 0.283 e.